The fourth-order valence-electron chi connectivity index (χ4n) is 1.65. The van der Waals surface area contributed by atoms with Gasteiger partial charge in [0.2, 0.25) is 0 Å². The number of hydrogen-bond donors (Lipinski definition) is 0. The molecule has 0 aliphatic heterocycles. The summed E-state index contributed by atoms with van der Waals surface area (Å²) in [6.45, 7) is 0. The first-order valence-corrected chi connectivity index (χ1v) is 5.92. The van der Waals surface area contributed by atoms with E-state index in [-0.39, 0.29) is 0 Å². The van der Waals surface area contributed by atoms with Crippen molar-refractivity contribution >= 4 is 6.29 Å². The van der Waals surface area contributed by atoms with Gasteiger partial charge in [0.1, 0.15) is 5.75 Å². The maximum absolute atomic E-state index is 11.0. The van der Waals surface area contributed by atoms with Crippen LogP contribution in [0.25, 0.3) is 0 Å². The lowest BCUT2D eigenvalue weighted by molar-refractivity contribution is 0.112. The molecule has 2 aromatic rings. The van der Waals surface area contributed by atoms with Crippen LogP contribution in [0.5, 0.6) is 5.75 Å². The van der Waals surface area contributed by atoms with Gasteiger partial charge in [0.15, 0.2) is 6.29 Å². The van der Waals surface area contributed by atoms with E-state index in [0.717, 1.165) is 11.8 Å². The summed E-state index contributed by atoms with van der Waals surface area (Å²) in [4.78, 5) is 11.0. The second kappa shape index (κ2) is 6.22. The molecular weight excluding hydrogens is 250 g/mol. The molecular formula is C17H11NO2. The summed E-state index contributed by atoms with van der Waals surface area (Å²) < 4.78 is 5.06. The average molecular weight is 261 g/mol. The quantitative estimate of drug-likeness (QED) is 0.617. The molecule has 0 fully saturated rings. The van der Waals surface area contributed by atoms with Crippen LogP contribution in [0.15, 0.2) is 42.5 Å². The van der Waals surface area contributed by atoms with Gasteiger partial charge in [-0.1, -0.05) is 11.8 Å². The maximum atomic E-state index is 11.0. The first kappa shape index (κ1) is 13.4. The zero-order chi connectivity index (χ0) is 14.4. The standard InChI is InChI=1S/C17H11NO2/c1-20-17-9-8-15(16(10-17)12-19)7-6-13-2-4-14(11-18)5-3-13/h2-5,8-10,12H,1H3. The van der Waals surface area contributed by atoms with Crippen molar-refractivity contribution in [2.24, 2.45) is 0 Å². The Morgan fingerprint density at radius 3 is 2.35 bits per heavy atom. The van der Waals surface area contributed by atoms with Crippen molar-refractivity contribution in [1.82, 2.24) is 0 Å². The van der Waals surface area contributed by atoms with Gasteiger partial charge >= 0.3 is 0 Å². The molecule has 0 aromatic heterocycles. The molecule has 0 bridgehead atoms. The molecule has 0 radical (unpaired) electrons. The number of hydrogen-bond acceptors (Lipinski definition) is 3. The van der Waals surface area contributed by atoms with Gasteiger partial charge in [0.05, 0.1) is 18.7 Å². The van der Waals surface area contributed by atoms with E-state index in [1.807, 2.05) is 0 Å². The summed E-state index contributed by atoms with van der Waals surface area (Å²) in [5.74, 6) is 6.54. The predicted molar refractivity (Wildman–Crippen MR) is 75.5 cm³/mol. The van der Waals surface area contributed by atoms with Crippen molar-refractivity contribution in [3.05, 3.63) is 64.7 Å². The second-order valence-electron chi connectivity index (χ2n) is 4.01. The van der Waals surface area contributed by atoms with Crippen LogP contribution in [0.4, 0.5) is 0 Å². The Hall–Kier alpha value is -3.04. The number of ether oxygens (including phenoxy) is 1. The van der Waals surface area contributed by atoms with Gasteiger partial charge < -0.3 is 4.74 Å². The lowest BCUT2D eigenvalue weighted by atomic mass is 10.1. The zero-order valence-electron chi connectivity index (χ0n) is 10.9. The van der Waals surface area contributed by atoms with Crippen molar-refractivity contribution < 1.29 is 9.53 Å². The van der Waals surface area contributed by atoms with Crippen LogP contribution in [-0.4, -0.2) is 13.4 Å². The van der Waals surface area contributed by atoms with Gasteiger partial charge in [-0.3, -0.25) is 4.79 Å². The Kier molecular flexibility index (Phi) is 4.17. The Balaban J connectivity index is 2.32. The minimum Gasteiger partial charge on any atom is -0.497 e. The van der Waals surface area contributed by atoms with Gasteiger partial charge in [-0.15, -0.1) is 0 Å². The molecule has 0 saturated heterocycles. The van der Waals surface area contributed by atoms with Crippen LogP contribution in [0.3, 0.4) is 0 Å². The van der Waals surface area contributed by atoms with E-state index in [0.29, 0.717) is 22.4 Å². The molecule has 0 amide bonds. The smallest absolute Gasteiger partial charge is 0.151 e. The highest BCUT2D eigenvalue weighted by Crippen LogP contribution is 2.15. The first-order valence-electron chi connectivity index (χ1n) is 5.92. The number of methoxy groups -OCH3 is 1. The summed E-state index contributed by atoms with van der Waals surface area (Å²) >= 11 is 0. The van der Waals surface area contributed by atoms with Crippen molar-refractivity contribution in [2.45, 2.75) is 0 Å². The molecule has 0 aliphatic rings. The van der Waals surface area contributed by atoms with E-state index in [4.69, 9.17) is 10.00 Å². The van der Waals surface area contributed by atoms with E-state index < -0.39 is 0 Å². The molecule has 0 spiro atoms. The fourth-order valence-corrected chi connectivity index (χ4v) is 1.65. The molecule has 96 valence electrons. The minimum atomic E-state index is 0.491. The lowest BCUT2D eigenvalue weighted by Crippen LogP contribution is -1.90. The second-order valence-corrected chi connectivity index (χ2v) is 4.01. The molecule has 2 rings (SSSR count). The molecule has 2 aromatic carbocycles. The lowest BCUT2D eigenvalue weighted by Gasteiger charge is -2.01. The Labute approximate surface area is 117 Å². The third kappa shape index (κ3) is 3.04. The van der Waals surface area contributed by atoms with Gasteiger partial charge in [0, 0.05) is 16.7 Å². The highest BCUT2D eigenvalue weighted by atomic mass is 16.5. The normalized spacial score (nSPS) is 9.00. The third-order valence-corrected chi connectivity index (χ3v) is 2.74. The highest BCUT2D eigenvalue weighted by Gasteiger charge is 2.01. The van der Waals surface area contributed by atoms with E-state index in [1.165, 1.54) is 0 Å². The van der Waals surface area contributed by atoms with E-state index in [1.54, 1.807) is 49.6 Å². The Morgan fingerprint density at radius 1 is 1.05 bits per heavy atom. The number of nitriles is 1. The molecule has 0 saturated carbocycles. The number of nitrogens with zero attached hydrogens (tertiary/aromatic N) is 1. The number of carbonyl (C=O) groups excluding carboxylic acids is 1. The Bertz CT molecular complexity index is 728. The van der Waals surface area contributed by atoms with Crippen LogP contribution in [0.1, 0.15) is 27.0 Å². The topological polar surface area (TPSA) is 50.1 Å². The largest absolute Gasteiger partial charge is 0.497 e. The molecule has 3 heteroatoms. The number of rotatable bonds is 2. The maximum Gasteiger partial charge on any atom is 0.151 e. The molecule has 0 aliphatic carbocycles. The molecule has 3 nitrogen and oxygen atoms in total. The summed E-state index contributed by atoms with van der Waals surface area (Å²) in [5, 5.41) is 8.72. The summed E-state index contributed by atoms with van der Waals surface area (Å²) in [6.07, 6.45) is 0.755. The van der Waals surface area contributed by atoms with Crippen LogP contribution in [0.2, 0.25) is 0 Å². The van der Waals surface area contributed by atoms with Crippen LogP contribution in [0, 0.1) is 23.2 Å². The fraction of sp³-hybridized carbons (Fsp3) is 0.0588. The van der Waals surface area contributed by atoms with E-state index >= 15 is 0 Å². The highest BCUT2D eigenvalue weighted by molar-refractivity contribution is 5.80. The SMILES string of the molecule is COc1ccc(C#Cc2ccc(C#N)cc2)c(C=O)c1. The Morgan fingerprint density at radius 2 is 1.75 bits per heavy atom. The van der Waals surface area contributed by atoms with Crippen molar-refractivity contribution in [3.8, 4) is 23.7 Å². The minimum absolute atomic E-state index is 0.491. The number of benzene rings is 2. The molecule has 0 heterocycles. The molecule has 0 atom stereocenters. The number of aldehydes is 1. The monoisotopic (exact) mass is 261 g/mol. The van der Waals surface area contributed by atoms with E-state index in [2.05, 4.69) is 17.9 Å². The van der Waals surface area contributed by atoms with Gasteiger partial charge in [-0.2, -0.15) is 5.26 Å². The van der Waals surface area contributed by atoms with Gasteiger partial charge in [0.25, 0.3) is 0 Å². The third-order valence-electron chi connectivity index (χ3n) is 2.74. The summed E-state index contributed by atoms with van der Waals surface area (Å²) in [5.41, 5.74) is 2.51. The average Bonchev–Trinajstić information content (AvgIpc) is 2.53. The molecule has 0 N–H and O–H groups in total. The summed E-state index contributed by atoms with van der Waals surface area (Å²) in [6, 6.07) is 14.2. The van der Waals surface area contributed by atoms with Crippen molar-refractivity contribution in [1.29, 1.82) is 5.26 Å². The van der Waals surface area contributed by atoms with Crippen LogP contribution in [-0.2, 0) is 0 Å². The van der Waals surface area contributed by atoms with Crippen LogP contribution < -0.4 is 4.74 Å². The van der Waals surface area contributed by atoms with Gasteiger partial charge in [-0.05, 0) is 42.5 Å². The molecule has 0 unspecified atom stereocenters. The number of carbonyl (C=O) groups is 1. The zero-order valence-corrected chi connectivity index (χ0v) is 10.9. The van der Waals surface area contributed by atoms with Gasteiger partial charge in [-0.25, -0.2) is 0 Å². The van der Waals surface area contributed by atoms with E-state index in [9.17, 15) is 4.79 Å². The summed E-state index contributed by atoms with van der Waals surface area (Å²) in [7, 11) is 1.55. The first-order chi connectivity index (χ1) is 9.76. The van der Waals surface area contributed by atoms with Crippen LogP contribution >= 0.6 is 0 Å². The van der Waals surface area contributed by atoms with Crippen molar-refractivity contribution in [3.63, 3.8) is 0 Å². The molecule has 20 heavy (non-hydrogen) atoms. The van der Waals surface area contributed by atoms with Crippen molar-refractivity contribution in [2.75, 3.05) is 7.11 Å². The predicted octanol–water partition coefficient (Wildman–Crippen LogP) is 2.78.